The molecule has 0 amide bonds. The molecule has 0 radical (unpaired) electrons. The largest absolute Gasteiger partial charge is 0.489 e. The summed E-state index contributed by atoms with van der Waals surface area (Å²) in [4.78, 5) is 3.41. The normalized spacial score (nSPS) is 13.5. The van der Waals surface area contributed by atoms with Crippen LogP contribution in [-0.4, -0.2) is 49.6 Å². The molecule has 7 heteroatoms. The highest BCUT2D eigenvalue weighted by Crippen LogP contribution is 2.24. The minimum Gasteiger partial charge on any atom is -0.489 e. The van der Waals surface area contributed by atoms with Crippen molar-refractivity contribution in [2.45, 2.75) is 36.8 Å². The molecule has 2 aromatic carbocycles. The zero-order chi connectivity index (χ0) is 21.1. The molecule has 3 aromatic rings. The second-order valence-electron chi connectivity index (χ2n) is 7.98. The summed E-state index contributed by atoms with van der Waals surface area (Å²) >= 11 is 0. The van der Waals surface area contributed by atoms with Crippen LogP contribution in [0.3, 0.4) is 0 Å². The molecule has 0 bridgehead atoms. The number of ether oxygens (including phenoxy) is 1. The number of nitrogens with one attached hydrogen (secondary N) is 2. The first-order valence-corrected chi connectivity index (χ1v) is 11.4. The Morgan fingerprint density at radius 3 is 2.59 bits per heavy atom. The number of aliphatic hydroxyl groups excluding tert-OH is 1. The van der Waals surface area contributed by atoms with Crippen molar-refractivity contribution >= 4 is 20.7 Å². The molecular formula is C22H28N2O4S. The number of hydrogen-bond acceptors (Lipinski definition) is 5. The van der Waals surface area contributed by atoms with Gasteiger partial charge in [0.15, 0.2) is 9.84 Å². The Bertz CT molecular complexity index is 1070. The maximum atomic E-state index is 11.8. The Morgan fingerprint density at radius 2 is 1.83 bits per heavy atom. The Labute approximate surface area is 171 Å². The van der Waals surface area contributed by atoms with Crippen LogP contribution in [0.4, 0.5) is 0 Å². The number of aliphatic hydroxyl groups is 1. The van der Waals surface area contributed by atoms with E-state index in [-0.39, 0.29) is 22.8 Å². The predicted molar refractivity (Wildman–Crippen MR) is 115 cm³/mol. The lowest BCUT2D eigenvalue weighted by molar-refractivity contribution is 0.0974. The van der Waals surface area contributed by atoms with Crippen LogP contribution in [0, 0.1) is 0 Å². The molecule has 156 valence electrons. The number of benzene rings is 2. The van der Waals surface area contributed by atoms with E-state index in [9.17, 15) is 13.5 Å². The third-order valence-electron chi connectivity index (χ3n) is 4.80. The number of aromatic nitrogens is 1. The van der Waals surface area contributed by atoms with Crippen molar-refractivity contribution in [1.29, 1.82) is 0 Å². The average Bonchev–Trinajstić information content (AvgIpc) is 3.07. The molecule has 29 heavy (non-hydrogen) atoms. The number of sulfone groups is 1. The molecule has 0 saturated heterocycles. The van der Waals surface area contributed by atoms with E-state index in [1.165, 1.54) is 17.0 Å². The first-order chi connectivity index (χ1) is 13.7. The van der Waals surface area contributed by atoms with Crippen molar-refractivity contribution in [2.75, 3.05) is 19.4 Å². The van der Waals surface area contributed by atoms with E-state index in [0.29, 0.717) is 6.54 Å². The quantitative estimate of drug-likeness (QED) is 0.499. The molecule has 0 saturated carbocycles. The standard InChI is InChI=1S/C22H28N2O4S/c1-22(2,12-16-13-23-19-9-5-4-8-18(16)19)24-14-17(25)15-28-20-10-6-7-11-21(20)29(3,26)27/h4-11,13,17,23-25H,12,14-15H2,1-3H3. The Morgan fingerprint density at radius 1 is 1.14 bits per heavy atom. The molecule has 0 aliphatic rings. The number of β-amino-alcohol motifs (C(OH)–C–C–N with tert-alkyl or cyclic N) is 1. The summed E-state index contributed by atoms with van der Waals surface area (Å²) in [6.07, 6.45) is 3.18. The summed E-state index contributed by atoms with van der Waals surface area (Å²) in [7, 11) is -3.39. The molecule has 3 N–H and O–H groups in total. The van der Waals surface area contributed by atoms with Crippen molar-refractivity contribution < 1.29 is 18.3 Å². The van der Waals surface area contributed by atoms with Crippen molar-refractivity contribution in [3.8, 4) is 5.75 Å². The fourth-order valence-electron chi connectivity index (χ4n) is 3.33. The van der Waals surface area contributed by atoms with Gasteiger partial charge in [-0.25, -0.2) is 8.42 Å². The van der Waals surface area contributed by atoms with Crippen LogP contribution < -0.4 is 10.1 Å². The van der Waals surface area contributed by atoms with Crippen molar-refractivity contribution in [1.82, 2.24) is 10.3 Å². The molecule has 0 aliphatic heterocycles. The Kier molecular flexibility index (Phi) is 6.31. The van der Waals surface area contributed by atoms with E-state index in [2.05, 4.69) is 36.3 Å². The lowest BCUT2D eigenvalue weighted by Crippen LogP contribution is -2.46. The number of hydrogen-bond donors (Lipinski definition) is 3. The number of H-pyrrole nitrogens is 1. The van der Waals surface area contributed by atoms with E-state index < -0.39 is 15.9 Å². The highest BCUT2D eigenvalue weighted by Gasteiger charge is 2.21. The number of para-hydroxylation sites is 2. The van der Waals surface area contributed by atoms with Gasteiger partial charge in [0.2, 0.25) is 0 Å². The summed E-state index contributed by atoms with van der Waals surface area (Å²) in [5, 5.41) is 14.9. The van der Waals surface area contributed by atoms with Crippen LogP contribution in [0.15, 0.2) is 59.6 Å². The number of fused-ring (bicyclic) bond motifs is 1. The van der Waals surface area contributed by atoms with Crippen LogP contribution in [0.25, 0.3) is 10.9 Å². The molecule has 0 fully saturated rings. The van der Waals surface area contributed by atoms with Crippen LogP contribution >= 0.6 is 0 Å². The molecular weight excluding hydrogens is 388 g/mol. The minimum atomic E-state index is -3.39. The molecule has 1 atom stereocenters. The molecule has 0 aliphatic carbocycles. The molecule has 1 heterocycles. The summed E-state index contributed by atoms with van der Waals surface area (Å²) < 4.78 is 29.3. The minimum absolute atomic E-state index is 0.00268. The zero-order valence-corrected chi connectivity index (χ0v) is 17.8. The van der Waals surface area contributed by atoms with E-state index in [1.807, 2.05) is 18.3 Å². The van der Waals surface area contributed by atoms with Crippen molar-refractivity contribution in [2.24, 2.45) is 0 Å². The van der Waals surface area contributed by atoms with Crippen LogP contribution in [0.5, 0.6) is 5.75 Å². The van der Waals surface area contributed by atoms with Gasteiger partial charge in [0.1, 0.15) is 23.4 Å². The van der Waals surface area contributed by atoms with E-state index >= 15 is 0 Å². The van der Waals surface area contributed by atoms with Crippen molar-refractivity contribution in [3.63, 3.8) is 0 Å². The fraction of sp³-hybridized carbons (Fsp3) is 0.364. The topological polar surface area (TPSA) is 91.4 Å². The Hall–Kier alpha value is -2.35. The molecule has 1 unspecified atom stereocenters. The van der Waals surface area contributed by atoms with Crippen LogP contribution in [0.1, 0.15) is 19.4 Å². The smallest absolute Gasteiger partial charge is 0.179 e. The van der Waals surface area contributed by atoms with Gasteiger partial charge < -0.3 is 20.1 Å². The highest BCUT2D eigenvalue weighted by molar-refractivity contribution is 7.90. The van der Waals surface area contributed by atoms with Gasteiger partial charge in [0.05, 0.1) is 0 Å². The highest BCUT2D eigenvalue weighted by atomic mass is 32.2. The van der Waals surface area contributed by atoms with Gasteiger partial charge in [-0.15, -0.1) is 0 Å². The van der Waals surface area contributed by atoms with Gasteiger partial charge >= 0.3 is 0 Å². The third-order valence-corrected chi connectivity index (χ3v) is 5.94. The maximum Gasteiger partial charge on any atom is 0.179 e. The van der Waals surface area contributed by atoms with E-state index in [0.717, 1.165) is 18.2 Å². The first kappa shape index (κ1) is 21.4. The van der Waals surface area contributed by atoms with E-state index in [1.54, 1.807) is 18.2 Å². The average molecular weight is 417 g/mol. The van der Waals surface area contributed by atoms with Crippen LogP contribution in [-0.2, 0) is 16.3 Å². The predicted octanol–water partition coefficient (Wildman–Crippen LogP) is 2.92. The van der Waals surface area contributed by atoms with Gasteiger partial charge in [-0.2, -0.15) is 0 Å². The van der Waals surface area contributed by atoms with E-state index in [4.69, 9.17) is 4.74 Å². The van der Waals surface area contributed by atoms with Gasteiger partial charge in [-0.3, -0.25) is 0 Å². The first-order valence-electron chi connectivity index (χ1n) is 9.56. The fourth-order valence-corrected chi connectivity index (χ4v) is 4.15. The molecule has 1 aromatic heterocycles. The summed E-state index contributed by atoms with van der Waals surface area (Å²) in [6.45, 7) is 4.50. The molecule has 0 spiro atoms. The summed E-state index contributed by atoms with van der Waals surface area (Å²) in [5.41, 5.74) is 2.08. The lowest BCUT2D eigenvalue weighted by Gasteiger charge is -2.28. The third kappa shape index (κ3) is 5.59. The SMILES string of the molecule is CC(C)(Cc1c[nH]c2ccccc12)NCC(O)COc1ccccc1S(C)(=O)=O. The molecule has 3 rings (SSSR count). The number of rotatable bonds is 9. The lowest BCUT2D eigenvalue weighted by atomic mass is 9.94. The number of aromatic amines is 1. The summed E-state index contributed by atoms with van der Waals surface area (Å²) in [6, 6.07) is 14.6. The van der Waals surface area contributed by atoms with Crippen molar-refractivity contribution in [3.05, 3.63) is 60.3 Å². The zero-order valence-electron chi connectivity index (χ0n) is 17.0. The summed E-state index contributed by atoms with van der Waals surface area (Å²) in [5.74, 6) is 0.257. The van der Waals surface area contributed by atoms with Gasteiger partial charge in [0, 0.05) is 35.4 Å². The second-order valence-corrected chi connectivity index (χ2v) is 9.97. The molecule has 6 nitrogen and oxygen atoms in total. The Balaban J connectivity index is 1.56. The van der Waals surface area contributed by atoms with Gasteiger partial charge in [0.25, 0.3) is 0 Å². The van der Waals surface area contributed by atoms with Crippen LogP contribution in [0.2, 0.25) is 0 Å². The van der Waals surface area contributed by atoms with Gasteiger partial charge in [-0.05, 0) is 44.0 Å². The monoisotopic (exact) mass is 416 g/mol. The maximum absolute atomic E-state index is 11.8. The second kappa shape index (κ2) is 8.57. The van der Waals surface area contributed by atoms with Gasteiger partial charge in [-0.1, -0.05) is 30.3 Å².